The van der Waals surface area contributed by atoms with Crippen molar-refractivity contribution in [2.75, 3.05) is 16.8 Å². The molecular weight excluding hydrogens is 356 g/mol. The largest absolute Gasteiger partial charge is 0.323 e. The zero-order valence-corrected chi connectivity index (χ0v) is 14.3. The second-order valence-electron chi connectivity index (χ2n) is 5.09. The van der Waals surface area contributed by atoms with E-state index >= 15 is 0 Å². The lowest BCUT2D eigenvalue weighted by atomic mass is 10.3. The molecule has 1 aromatic carbocycles. The maximum absolute atomic E-state index is 13.5. The summed E-state index contributed by atoms with van der Waals surface area (Å²) >= 11 is 2.59. The smallest absolute Gasteiger partial charge is 0.267 e. The minimum atomic E-state index is -0.839. The molecule has 0 spiro atoms. The predicted octanol–water partition coefficient (Wildman–Crippen LogP) is 2.44. The Morgan fingerprint density at radius 1 is 1.46 bits per heavy atom. The van der Waals surface area contributed by atoms with Crippen LogP contribution in [-0.2, 0) is 18.3 Å². The lowest BCUT2D eigenvalue weighted by Gasteiger charge is -2.10. The monoisotopic (exact) mass is 369 g/mol. The van der Waals surface area contributed by atoms with Crippen LogP contribution in [0.25, 0.3) is 0 Å². The Hall–Kier alpha value is -1.87. The number of fused-ring (bicyclic) bond motifs is 1. The van der Waals surface area contributed by atoms with Crippen molar-refractivity contribution in [1.29, 1.82) is 0 Å². The quantitative estimate of drug-likeness (QED) is 0.662. The van der Waals surface area contributed by atoms with E-state index in [0.29, 0.717) is 16.1 Å². The first-order valence-electron chi connectivity index (χ1n) is 7.06. The number of hydrogen-bond acceptors (Lipinski definition) is 5. The molecule has 0 fully saturated rings. The van der Waals surface area contributed by atoms with Crippen molar-refractivity contribution >= 4 is 35.1 Å². The van der Waals surface area contributed by atoms with Gasteiger partial charge >= 0.3 is 0 Å². The fraction of sp³-hybridized carbons (Fsp3) is 0.267. The van der Waals surface area contributed by atoms with E-state index in [9.17, 15) is 18.4 Å². The predicted molar refractivity (Wildman–Crippen MR) is 89.6 cm³/mol. The number of aryl methyl sites for hydroxylation is 1. The third-order valence-electron chi connectivity index (χ3n) is 3.40. The second-order valence-corrected chi connectivity index (χ2v) is 7.14. The van der Waals surface area contributed by atoms with Gasteiger partial charge in [0.05, 0.1) is 22.0 Å². The highest BCUT2D eigenvalue weighted by molar-refractivity contribution is 8.00. The normalized spacial score (nSPS) is 13.0. The van der Waals surface area contributed by atoms with Crippen LogP contribution in [0.3, 0.4) is 0 Å². The van der Waals surface area contributed by atoms with Gasteiger partial charge in [0.2, 0.25) is 5.91 Å². The summed E-state index contributed by atoms with van der Waals surface area (Å²) in [6.45, 7) is 0. The molecule has 24 heavy (non-hydrogen) atoms. The summed E-state index contributed by atoms with van der Waals surface area (Å²) < 4.78 is 27.8. The zero-order valence-electron chi connectivity index (χ0n) is 12.6. The number of halogens is 2. The second kappa shape index (κ2) is 6.94. The van der Waals surface area contributed by atoms with Crippen molar-refractivity contribution in [3.8, 4) is 0 Å². The van der Waals surface area contributed by atoms with Crippen LogP contribution in [0.5, 0.6) is 0 Å². The molecule has 1 aliphatic rings. The Bertz CT molecular complexity index is 871. The molecule has 2 heterocycles. The molecule has 3 rings (SSSR count). The standard InChI is InChI=1S/C15H13F2N3O2S2/c1-20-14(22)13-11(4-5-23-13)19-15(20)24-7-12(21)18-10-3-2-8(16)6-9(10)17/h2-3,6H,4-5,7H2,1H3,(H,18,21). The van der Waals surface area contributed by atoms with Crippen molar-refractivity contribution in [2.24, 2.45) is 7.05 Å². The Balaban J connectivity index is 1.69. The first kappa shape index (κ1) is 17.0. The molecule has 126 valence electrons. The first-order chi connectivity index (χ1) is 11.5. The molecule has 0 saturated heterocycles. The van der Waals surface area contributed by atoms with Crippen molar-refractivity contribution in [2.45, 2.75) is 16.5 Å². The molecule has 0 aliphatic carbocycles. The summed E-state index contributed by atoms with van der Waals surface area (Å²) in [5, 5.41) is 2.81. The van der Waals surface area contributed by atoms with Gasteiger partial charge in [-0.3, -0.25) is 14.2 Å². The molecule has 1 aliphatic heterocycles. The van der Waals surface area contributed by atoms with Crippen LogP contribution in [-0.4, -0.2) is 27.0 Å². The van der Waals surface area contributed by atoms with Crippen LogP contribution in [0.2, 0.25) is 0 Å². The number of thioether (sulfide) groups is 2. The minimum absolute atomic E-state index is 0.0387. The van der Waals surface area contributed by atoms with Gasteiger partial charge < -0.3 is 5.32 Å². The van der Waals surface area contributed by atoms with Crippen molar-refractivity contribution in [3.63, 3.8) is 0 Å². The third kappa shape index (κ3) is 3.46. The molecule has 0 saturated carbocycles. The molecular formula is C15H13F2N3O2S2. The molecule has 1 amide bonds. The molecule has 0 unspecified atom stereocenters. The molecule has 1 N–H and O–H groups in total. The fourth-order valence-electron chi connectivity index (χ4n) is 2.20. The minimum Gasteiger partial charge on any atom is -0.323 e. The molecule has 0 bridgehead atoms. The van der Waals surface area contributed by atoms with Gasteiger partial charge in [-0.05, 0) is 12.1 Å². The van der Waals surface area contributed by atoms with E-state index in [1.54, 1.807) is 7.05 Å². The Kier molecular flexibility index (Phi) is 4.91. The number of rotatable bonds is 4. The van der Waals surface area contributed by atoms with Crippen molar-refractivity contribution < 1.29 is 13.6 Å². The molecule has 0 atom stereocenters. The number of carbonyl (C=O) groups excluding carboxylic acids is 1. The van der Waals surface area contributed by atoms with Gasteiger partial charge in [0.25, 0.3) is 5.56 Å². The average molecular weight is 369 g/mol. The Labute approximate surface area is 144 Å². The number of hydrogen-bond donors (Lipinski definition) is 1. The van der Waals surface area contributed by atoms with Gasteiger partial charge in [0.1, 0.15) is 11.6 Å². The van der Waals surface area contributed by atoms with Crippen LogP contribution >= 0.6 is 23.5 Å². The maximum Gasteiger partial charge on any atom is 0.267 e. The third-order valence-corrected chi connectivity index (χ3v) is 5.54. The highest BCUT2D eigenvalue weighted by Gasteiger charge is 2.20. The Morgan fingerprint density at radius 3 is 3.00 bits per heavy atom. The van der Waals surface area contributed by atoms with Crippen LogP contribution in [0.4, 0.5) is 14.5 Å². The topological polar surface area (TPSA) is 64.0 Å². The van der Waals surface area contributed by atoms with E-state index in [1.165, 1.54) is 16.3 Å². The SMILES string of the molecule is Cn1c(SCC(=O)Nc2ccc(F)cc2F)nc2c(c1=O)SCC2. The fourth-order valence-corrected chi connectivity index (χ4v) is 4.06. The average Bonchev–Trinajstić information content (AvgIpc) is 3.01. The number of nitrogens with zero attached hydrogens (tertiary/aromatic N) is 2. The van der Waals surface area contributed by atoms with Crippen LogP contribution in [0.1, 0.15) is 5.69 Å². The van der Waals surface area contributed by atoms with E-state index < -0.39 is 17.5 Å². The van der Waals surface area contributed by atoms with Gasteiger partial charge in [-0.2, -0.15) is 0 Å². The summed E-state index contributed by atoms with van der Waals surface area (Å²) in [4.78, 5) is 29.2. The number of amides is 1. The molecule has 5 nitrogen and oxygen atoms in total. The molecule has 9 heteroatoms. The van der Waals surface area contributed by atoms with E-state index in [0.717, 1.165) is 41.8 Å². The van der Waals surface area contributed by atoms with E-state index in [1.807, 2.05) is 0 Å². The summed E-state index contributed by atoms with van der Waals surface area (Å²) in [7, 11) is 1.61. The highest BCUT2D eigenvalue weighted by atomic mass is 32.2. The van der Waals surface area contributed by atoms with Crippen molar-refractivity contribution in [1.82, 2.24) is 9.55 Å². The number of nitrogens with one attached hydrogen (secondary N) is 1. The van der Waals surface area contributed by atoms with Gasteiger partial charge in [-0.15, -0.1) is 11.8 Å². The first-order valence-corrected chi connectivity index (χ1v) is 9.03. The van der Waals surface area contributed by atoms with Crippen LogP contribution < -0.4 is 10.9 Å². The van der Waals surface area contributed by atoms with Crippen LogP contribution in [0, 0.1) is 11.6 Å². The summed E-state index contributed by atoms with van der Waals surface area (Å²) in [5.41, 5.74) is 0.555. The summed E-state index contributed by atoms with van der Waals surface area (Å²) in [6.07, 6.45) is 0.733. The van der Waals surface area contributed by atoms with Crippen LogP contribution in [0.15, 0.2) is 33.0 Å². The Morgan fingerprint density at radius 2 is 2.25 bits per heavy atom. The van der Waals surface area contributed by atoms with E-state index in [4.69, 9.17) is 0 Å². The van der Waals surface area contributed by atoms with Gasteiger partial charge in [-0.1, -0.05) is 11.8 Å². The van der Waals surface area contributed by atoms with Gasteiger partial charge in [0, 0.05) is 25.3 Å². The van der Waals surface area contributed by atoms with Gasteiger partial charge in [0.15, 0.2) is 5.16 Å². The summed E-state index contributed by atoms with van der Waals surface area (Å²) in [6, 6.07) is 2.93. The molecule has 0 radical (unpaired) electrons. The maximum atomic E-state index is 13.5. The summed E-state index contributed by atoms with van der Waals surface area (Å²) in [5.74, 6) is -1.22. The molecule has 2 aromatic rings. The highest BCUT2D eigenvalue weighted by Crippen LogP contribution is 2.28. The van der Waals surface area contributed by atoms with E-state index in [2.05, 4.69) is 10.3 Å². The lowest BCUT2D eigenvalue weighted by Crippen LogP contribution is -2.23. The van der Waals surface area contributed by atoms with E-state index in [-0.39, 0.29) is 17.0 Å². The van der Waals surface area contributed by atoms with Gasteiger partial charge in [-0.25, -0.2) is 13.8 Å². The number of aromatic nitrogens is 2. The number of anilines is 1. The number of benzene rings is 1. The van der Waals surface area contributed by atoms with Crippen molar-refractivity contribution in [3.05, 3.63) is 45.9 Å². The lowest BCUT2D eigenvalue weighted by molar-refractivity contribution is -0.113. The zero-order chi connectivity index (χ0) is 17.3. The number of carbonyl (C=O) groups is 1. The molecule has 1 aromatic heterocycles.